The minimum Gasteiger partial charge on any atom is -0.352 e. The minimum atomic E-state index is -0.872. The summed E-state index contributed by atoms with van der Waals surface area (Å²) in [7, 11) is 4.89. The minimum absolute atomic E-state index is 0.244. The number of nitrogens with two attached hydrogens (primary N) is 2. The second-order valence-corrected chi connectivity index (χ2v) is 5.08. The molecule has 0 spiro atoms. The summed E-state index contributed by atoms with van der Waals surface area (Å²) >= 11 is 0. The van der Waals surface area contributed by atoms with Gasteiger partial charge < -0.3 is 25.7 Å². The zero-order valence-corrected chi connectivity index (χ0v) is 14.3. The maximum Gasteiger partial charge on any atom is 0.309 e. The van der Waals surface area contributed by atoms with Gasteiger partial charge in [-0.2, -0.15) is 0 Å². The average molecular weight is 306 g/mol. The molecule has 2 amide bonds. The lowest BCUT2D eigenvalue weighted by Crippen LogP contribution is -2.42. The van der Waals surface area contributed by atoms with Crippen LogP contribution in [0.15, 0.2) is 0 Å². The predicted octanol–water partition coefficient (Wildman–Crippen LogP) is 2.99. The molecular weight excluding hydrogens is 272 g/mol. The zero-order chi connectivity index (χ0) is 16.7. The van der Waals surface area contributed by atoms with Gasteiger partial charge in [0.25, 0.3) is 5.97 Å². The number of carbonyl (C=O) groups is 1. The molecule has 0 rings (SSSR count). The van der Waals surface area contributed by atoms with E-state index >= 15 is 0 Å². The third-order valence-corrected chi connectivity index (χ3v) is 3.45. The van der Waals surface area contributed by atoms with Gasteiger partial charge in [0.1, 0.15) is 0 Å². The third-order valence-electron chi connectivity index (χ3n) is 3.45. The Balaban J connectivity index is 0. The molecule has 0 heterocycles. The summed E-state index contributed by atoms with van der Waals surface area (Å²) < 4.78 is 16.0. The second-order valence-electron chi connectivity index (χ2n) is 5.08. The molecule has 0 aliphatic heterocycles. The van der Waals surface area contributed by atoms with Crippen molar-refractivity contribution in [3.8, 4) is 0 Å². The van der Waals surface area contributed by atoms with Crippen molar-refractivity contribution in [1.29, 1.82) is 0 Å². The molecule has 0 aromatic rings. The van der Waals surface area contributed by atoms with Gasteiger partial charge in [-0.05, 0) is 6.42 Å². The fourth-order valence-electron chi connectivity index (χ4n) is 2.26. The Hall–Kier alpha value is -0.850. The lowest BCUT2D eigenvalue weighted by atomic mass is 9.99. The summed E-state index contributed by atoms with van der Waals surface area (Å²) in [5, 5.41) is 0. The molecule has 0 radical (unpaired) electrons. The SMILES string of the molecule is CCCCCCCCC(C)C(OC)(OC)OC.NC(N)=O. The summed E-state index contributed by atoms with van der Waals surface area (Å²) in [6.07, 6.45) is 8.92. The van der Waals surface area contributed by atoms with E-state index in [-0.39, 0.29) is 5.92 Å². The zero-order valence-electron chi connectivity index (χ0n) is 14.3. The highest BCUT2D eigenvalue weighted by atomic mass is 16.9. The van der Waals surface area contributed by atoms with Crippen LogP contribution in [-0.2, 0) is 14.2 Å². The van der Waals surface area contributed by atoms with Gasteiger partial charge in [0.2, 0.25) is 0 Å². The van der Waals surface area contributed by atoms with E-state index in [2.05, 4.69) is 25.3 Å². The van der Waals surface area contributed by atoms with Crippen molar-refractivity contribution in [3.05, 3.63) is 0 Å². The van der Waals surface area contributed by atoms with Crippen molar-refractivity contribution in [3.63, 3.8) is 0 Å². The molecule has 1 unspecified atom stereocenters. The number of amides is 2. The number of hydrogen-bond donors (Lipinski definition) is 2. The van der Waals surface area contributed by atoms with Crippen LogP contribution >= 0.6 is 0 Å². The van der Waals surface area contributed by atoms with Gasteiger partial charge in [0.15, 0.2) is 0 Å². The molecule has 0 aliphatic carbocycles. The monoisotopic (exact) mass is 306 g/mol. The van der Waals surface area contributed by atoms with E-state index in [4.69, 9.17) is 19.0 Å². The Morgan fingerprint density at radius 2 is 1.33 bits per heavy atom. The maximum atomic E-state index is 9.00. The summed E-state index contributed by atoms with van der Waals surface area (Å²) in [5.74, 6) is -0.627. The number of primary amides is 2. The Labute approximate surface area is 129 Å². The van der Waals surface area contributed by atoms with E-state index in [1.165, 1.54) is 38.5 Å². The molecule has 128 valence electrons. The number of hydrogen-bond acceptors (Lipinski definition) is 4. The van der Waals surface area contributed by atoms with Crippen LogP contribution in [0.2, 0.25) is 0 Å². The largest absolute Gasteiger partial charge is 0.352 e. The van der Waals surface area contributed by atoms with Crippen molar-refractivity contribution < 1.29 is 19.0 Å². The van der Waals surface area contributed by atoms with Gasteiger partial charge >= 0.3 is 6.03 Å². The first-order valence-electron chi connectivity index (χ1n) is 7.60. The fraction of sp³-hybridized carbons (Fsp3) is 0.933. The van der Waals surface area contributed by atoms with Gasteiger partial charge in [-0.25, -0.2) is 4.79 Å². The first kappa shape index (κ1) is 22.4. The Kier molecular flexibility index (Phi) is 15.1. The smallest absolute Gasteiger partial charge is 0.309 e. The van der Waals surface area contributed by atoms with Gasteiger partial charge in [-0.1, -0.05) is 52.4 Å². The van der Waals surface area contributed by atoms with Crippen LogP contribution in [-0.4, -0.2) is 33.3 Å². The summed E-state index contributed by atoms with van der Waals surface area (Å²) in [4.78, 5) is 9.00. The molecule has 0 aromatic carbocycles. The van der Waals surface area contributed by atoms with Crippen molar-refractivity contribution in [2.45, 2.75) is 64.8 Å². The lowest BCUT2D eigenvalue weighted by molar-refractivity contribution is -0.377. The molecule has 0 aromatic heterocycles. The third kappa shape index (κ3) is 11.5. The van der Waals surface area contributed by atoms with Gasteiger partial charge in [0, 0.05) is 27.2 Å². The number of rotatable bonds is 11. The number of carbonyl (C=O) groups excluding carboxylic acids is 1. The van der Waals surface area contributed by atoms with Crippen LogP contribution in [0, 0.1) is 5.92 Å². The normalized spacial score (nSPS) is 12.4. The number of ether oxygens (including phenoxy) is 3. The van der Waals surface area contributed by atoms with Gasteiger partial charge in [0.05, 0.1) is 0 Å². The molecule has 6 heteroatoms. The molecule has 1 atom stereocenters. The second kappa shape index (κ2) is 14.1. The molecule has 21 heavy (non-hydrogen) atoms. The standard InChI is InChI=1S/C14H30O3.CH4N2O/c1-6-7-8-9-10-11-12-13(2)14(15-3,16-4)17-5;2-1(3)4/h13H,6-12H2,1-5H3;(H4,2,3,4). The predicted molar refractivity (Wildman–Crippen MR) is 84.7 cm³/mol. The van der Waals surface area contributed by atoms with Crippen LogP contribution in [0.5, 0.6) is 0 Å². The molecule has 0 saturated carbocycles. The van der Waals surface area contributed by atoms with Crippen molar-refractivity contribution in [2.75, 3.05) is 21.3 Å². The number of methoxy groups -OCH3 is 3. The summed E-state index contributed by atoms with van der Waals surface area (Å²) in [5.41, 5.74) is 8.50. The van der Waals surface area contributed by atoms with E-state index in [1.807, 2.05) is 0 Å². The molecule has 4 N–H and O–H groups in total. The first-order chi connectivity index (χ1) is 9.90. The average Bonchev–Trinajstić information content (AvgIpc) is 2.44. The maximum absolute atomic E-state index is 9.00. The summed E-state index contributed by atoms with van der Waals surface area (Å²) in [6.45, 7) is 4.36. The van der Waals surface area contributed by atoms with Crippen molar-refractivity contribution >= 4 is 6.03 Å². The van der Waals surface area contributed by atoms with E-state index in [1.54, 1.807) is 21.3 Å². The van der Waals surface area contributed by atoms with Crippen LogP contribution in [0.1, 0.15) is 58.8 Å². The molecular formula is C15H34N2O4. The van der Waals surface area contributed by atoms with Crippen LogP contribution in [0.3, 0.4) is 0 Å². The molecule has 0 saturated heterocycles. The quantitative estimate of drug-likeness (QED) is 0.453. The Morgan fingerprint density at radius 3 is 1.71 bits per heavy atom. The highest BCUT2D eigenvalue weighted by molar-refractivity contribution is 5.69. The van der Waals surface area contributed by atoms with Crippen molar-refractivity contribution in [1.82, 2.24) is 0 Å². The summed E-state index contributed by atoms with van der Waals surface area (Å²) in [6, 6.07) is -0.833. The van der Waals surface area contributed by atoms with Crippen LogP contribution in [0.25, 0.3) is 0 Å². The Morgan fingerprint density at radius 1 is 0.952 bits per heavy atom. The van der Waals surface area contributed by atoms with Crippen molar-refractivity contribution in [2.24, 2.45) is 17.4 Å². The van der Waals surface area contributed by atoms with Crippen LogP contribution in [0.4, 0.5) is 4.79 Å². The molecule has 0 aliphatic rings. The molecule has 0 bridgehead atoms. The highest BCUT2D eigenvalue weighted by Gasteiger charge is 2.36. The topological polar surface area (TPSA) is 96.8 Å². The molecule has 6 nitrogen and oxygen atoms in total. The van der Waals surface area contributed by atoms with E-state index < -0.39 is 12.0 Å². The molecule has 0 fully saturated rings. The van der Waals surface area contributed by atoms with Crippen LogP contribution < -0.4 is 11.5 Å². The van der Waals surface area contributed by atoms with Gasteiger partial charge in [-0.15, -0.1) is 0 Å². The van der Waals surface area contributed by atoms with E-state index in [9.17, 15) is 0 Å². The Bertz CT molecular complexity index is 234. The highest BCUT2D eigenvalue weighted by Crippen LogP contribution is 2.27. The van der Waals surface area contributed by atoms with Gasteiger partial charge in [-0.3, -0.25) is 0 Å². The van der Waals surface area contributed by atoms with E-state index in [0.717, 1.165) is 6.42 Å². The lowest BCUT2D eigenvalue weighted by Gasteiger charge is -2.34. The number of unbranched alkanes of at least 4 members (excludes halogenated alkanes) is 5. The first-order valence-corrected chi connectivity index (χ1v) is 7.60. The van der Waals surface area contributed by atoms with E-state index in [0.29, 0.717) is 0 Å². The number of urea groups is 1. The fourth-order valence-corrected chi connectivity index (χ4v) is 2.26.